The number of pyridine rings is 1. The molecule has 0 radical (unpaired) electrons. The van der Waals surface area contributed by atoms with Crippen molar-refractivity contribution < 1.29 is 8.78 Å². The minimum atomic E-state index is -0.576. The molecule has 6 heteroatoms. The standard InChI is InChI=1S/C27H30F2N3P/c1-26(2)23(30-5)13-14-31-19-9-6-7-11-21(19)33-22-16-17(28)15-18(29)25(22)20-10-8-12-24(32-20)27(26,3)4/h7-8,10-16,30,33H,6,9H2,1-5H3/p+1. The Hall–Kier alpha value is -2.65. The number of hydrogen-bond acceptors (Lipinski definition) is 3. The van der Waals surface area contributed by atoms with Crippen LogP contribution in [-0.4, -0.2) is 18.2 Å². The molecule has 172 valence electrons. The SMILES string of the molecule is CNC1=CC=NC2=C(C=CCC2)[PH2+]c2cc(F)cc(F)c2-c2cccc(n2)C(C)(C)C1(C)C. The Kier molecular flexibility index (Phi) is 6.37. The summed E-state index contributed by atoms with van der Waals surface area (Å²) in [6.07, 6.45) is 9.77. The number of rotatable bonds is 1. The van der Waals surface area contributed by atoms with Gasteiger partial charge in [0.1, 0.15) is 22.3 Å². The third-order valence-electron chi connectivity index (χ3n) is 7.20. The molecule has 0 spiro atoms. The highest BCUT2D eigenvalue weighted by Gasteiger charge is 2.42. The van der Waals surface area contributed by atoms with Gasteiger partial charge in [-0.05, 0) is 37.1 Å². The van der Waals surface area contributed by atoms with Crippen molar-refractivity contribution >= 4 is 20.1 Å². The fourth-order valence-electron chi connectivity index (χ4n) is 4.47. The van der Waals surface area contributed by atoms with Crippen molar-refractivity contribution in [1.29, 1.82) is 0 Å². The van der Waals surface area contributed by atoms with Crippen LogP contribution < -0.4 is 10.6 Å². The monoisotopic (exact) mass is 466 g/mol. The second-order valence-electron chi connectivity index (χ2n) is 9.61. The molecule has 3 nitrogen and oxygen atoms in total. The Bertz CT molecular complexity index is 1210. The van der Waals surface area contributed by atoms with Crippen molar-refractivity contribution in [2.45, 2.75) is 46.0 Å². The maximum absolute atomic E-state index is 15.2. The van der Waals surface area contributed by atoms with Gasteiger partial charge in [0, 0.05) is 47.6 Å². The molecule has 1 aromatic carbocycles. The number of allylic oxidation sites excluding steroid dienone is 6. The predicted molar refractivity (Wildman–Crippen MR) is 137 cm³/mol. The maximum atomic E-state index is 15.2. The van der Waals surface area contributed by atoms with Crippen LogP contribution in [0.2, 0.25) is 0 Å². The third kappa shape index (κ3) is 4.31. The Morgan fingerprint density at radius 3 is 2.61 bits per heavy atom. The van der Waals surface area contributed by atoms with Crippen LogP contribution in [0.25, 0.3) is 11.3 Å². The summed E-state index contributed by atoms with van der Waals surface area (Å²) in [5.74, 6) is -1.14. The van der Waals surface area contributed by atoms with E-state index in [1.54, 1.807) is 0 Å². The van der Waals surface area contributed by atoms with Crippen LogP contribution in [0.5, 0.6) is 0 Å². The van der Waals surface area contributed by atoms with Gasteiger partial charge >= 0.3 is 0 Å². The van der Waals surface area contributed by atoms with E-state index >= 15 is 4.39 Å². The van der Waals surface area contributed by atoms with Crippen LogP contribution in [0.15, 0.2) is 70.3 Å². The van der Waals surface area contributed by atoms with E-state index in [-0.39, 0.29) is 5.41 Å². The predicted octanol–water partition coefficient (Wildman–Crippen LogP) is 6.12. The molecule has 2 aliphatic rings. The van der Waals surface area contributed by atoms with Gasteiger partial charge in [0.05, 0.1) is 25.5 Å². The molecule has 2 bridgehead atoms. The molecular formula is C27H31F2N3P+. The average molecular weight is 467 g/mol. The van der Waals surface area contributed by atoms with Crippen LogP contribution >= 0.6 is 8.58 Å². The van der Waals surface area contributed by atoms with Gasteiger partial charge < -0.3 is 5.32 Å². The Morgan fingerprint density at radius 1 is 1.06 bits per heavy atom. The van der Waals surface area contributed by atoms with Gasteiger partial charge in [-0.2, -0.15) is 0 Å². The summed E-state index contributed by atoms with van der Waals surface area (Å²) in [5.41, 5.74) is 3.06. The third-order valence-corrected chi connectivity index (χ3v) is 8.80. The minimum Gasteiger partial charge on any atom is -0.391 e. The number of halogens is 2. The fraction of sp³-hybridized carbons (Fsp3) is 0.333. The van der Waals surface area contributed by atoms with E-state index in [0.29, 0.717) is 16.6 Å². The molecule has 0 saturated carbocycles. The average Bonchev–Trinajstić information content (AvgIpc) is 2.76. The minimum absolute atomic E-state index is 0.331. The molecule has 0 amide bonds. The number of hydrogen-bond donors (Lipinski definition) is 1. The smallest absolute Gasteiger partial charge is 0.139 e. The van der Waals surface area contributed by atoms with Crippen LogP contribution in [-0.2, 0) is 5.41 Å². The normalized spacial score (nSPS) is 20.0. The lowest BCUT2D eigenvalue weighted by Gasteiger charge is -2.43. The number of nitrogens with one attached hydrogen (secondary N) is 1. The van der Waals surface area contributed by atoms with Crippen LogP contribution in [0.4, 0.5) is 8.78 Å². The molecule has 2 heterocycles. The second kappa shape index (κ2) is 8.95. The maximum Gasteiger partial charge on any atom is 0.139 e. The summed E-state index contributed by atoms with van der Waals surface area (Å²) in [5, 5.41) is 5.07. The van der Waals surface area contributed by atoms with Crippen LogP contribution in [0.3, 0.4) is 0 Å². The first kappa shape index (κ1) is 23.5. The summed E-state index contributed by atoms with van der Waals surface area (Å²) < 4.78 is 29.6. The van der Waals surface area contributed by atoms with E-state index in [2.05, 4.69) is 45.2 Å². The summed E-state index contributed by atoms with van der Waals surface area (Å²) in [4.78, 5) is 9.74. The lowest BCUT2D eigenvalue weighted by atomic mass is 9.64. The molecule has 1 aliphatic heterocycles. The Balaban J connectivity index is 2.03. The first-order chi connectivity index (χ1) is 15.6. The van der Waals surface area contributed by atoms with E-state index in [1.165, 1.54) is 6.07 Å². The molecule has 1 unspecified atom stereocenters. The van der Waals surface area contributed by atoms with Crippen LogP contribution in [0.1, 0.15) is 46.2 Å². The second-order valence-corrected chi connectivity index (χ2v) is 11.1. The highest BCUT2D eigenvalue weighted by Crippen LogP contribution is 2.45. The van der Waals surface area contributed by atoms with E-state index in [9.17, 15) is 4.39 Å². The zero-order valence-corrected chi connectivity index (χ0v) is 21.0. The molecule has 2 aromatic rings. The summed E-state index contributed by atoms with van der Waals surface area (Å²) in [7, 11) is 1.36. The Morgan fingerprint density at radius 2 is 1.85 bits per heavy atom. The highest BCUT2D eigenvalue weighted by molar-refractivity contribution is 7.52. The molecule has 1 aliphatic carbocycles. The molecule has 0 saturated heterocycles. The number of aliphatic imine (C=N–C) groups is 1. The van der Waals surface area contributed by atoms with Gasteiger partial charge in [-0.1, -0.05) is 39.8 Å². The zero-order valence-electron chi connectivity index (χ0n) is 19.8. The number of benzene rings is 1. The van der Waals surface area contributed by atoms with E-state index in [0.717, 1.165) is 41.3 Å². The summed E-state index contributed by atoms with van der Waals surface area (Å²) in [6, 6.07) is 8.13. The zero-order chi connectivity index (χ0) is 23.8. The molecule has 1 N–H and O–H groups in total. The van der Waals surface area contributed by atoms with Gasteiger partial charge in [0.25, 0.3) is 0 Å². The van der Waals surface area contributed by atoms with Crippen molar-refractivity contribution in [1.82, 2.24) is 10.3 Å². The molecule has 33 heavy (non-hydrogen) atoms. The fourth-order valence-corrected chi connectivity index (χ4v) is 6.10. The molecule has 4 rings (SSSR count). The van der Waals surface area contributed by atoms with Crippen LogP contribution in [0, 0.1) is 17.0 Å². The van der Waals surface area contributed by atoms with Crippen molar-refractivity contribution in [2.24, 2.45) is 10.4 Å². The van der Waals surface area contributed by atoms with E-state index in [4.69, 9.17) is 9.98 Å². The van der Waals surface area contributed by atoms with Crippen molar-refractivity contribution in [2.75, 3.05) is 7.05 Å². The van der Waals surface area contributed by atoms with E-state index in [1.807, 2.05) is 37.5 Å². The number of aromatic nitrogens is 1. The summed E-state index contributed by atoms with van der Waals surface area (Å²) >= 11 is 0. The van der Waals surface area contributed by atoms with Crippen molar-refractivity contribution in [3.05, 3.63) is 82.6 Å². The van der Waals surface area contributed by atoms with Gasteiger partial charge in [0.15, 0.2) is 0 Å². The summed E-state index contributed by atoms with van der Waals surface area (Å²) in [6.45, 7) is 8.64. The largest absolute Gasteiger partial charge is 0.391 e. The lowest BCUT2D eigenvalue weighted by Crippen LogP contribution is -2.42. The van der Waals surface area contributed by atoms with Crippen molar-refractivity contribution in [3.63, 3.8) is 0 Å². The Labute approximate surface area is 196 Å². The molecule has 1 atom stereocenters. The van der Waals surface area contributed by atoms with Gasteiger partial charge in [-0.15, -0.1) is 0 Å². The van der Waals surface area contributed by atoms with Gasteiger partial charge in [-0.3, -0.25) is 9.98 Å². The van der Waals surface area contributed by atoms with Gasteiger partial charge in [0.2, 0.25) is 0 Å². The van der Waals surface area contributed by atoms with Crippen molar-refractivity contribution in [3.8, 4) is 11.3 Å². The number of nitrogens with zero attached hydrogens (tertiary/aromatic N) is 2. The van der Waals surface area contributed by atoms with Gasteiger partial charge in [-0.25, -0.2) is 8.78 Å². The molecule has 1 aromatic heterocycles. The van der Waals surface area contributed by atoms with E-state index < -0.39 is 25.6 Å². The first-order valence-corrected chi connectivity index (χ1v) is 12.4. The number of fused-ring (bicyclic) bond motifs is 4. The molecule has 0 fully saturated rings. The quantitative estimate of drug-likeness (QED) is 0.515. The molecular weight excluding hydrogens is 435 g/mol. The first-order valence-electron chi connectivity index (χ1n) is 11.3. The highest BCUT2D eigenvalue weighted by atomic mass is 31.1. The lowest BCUT2D eigenvalue weighted by molar-refractivity contribution is 0.232. The topological polar surface area (TPSA) is 37.3 Å².